The third-order valence-corrected chi connectivity index (χ3v) is 8.52. The van der Waals surface area contributed by atoms with E-state index in [1.807, 2.05) is 42.2 Å². The van der Waals surface area contributed by atoms with Crippen molar-refractivity contribution in [1.29, 1.82) is 0 Å². The summed E-state index contributed by atoms with van der Waals surface area (Å²) >= 11 is 0. The number of aliphatic carboxylic acids is 1. The summed E-state index contributed by atoms with van der Waals surface area (Å²) < 4.78 is 16.7. The molecule has 0 bridgehead atoms. The summed E-state index contributed by atoms with van der Waals surface area (Å²) in [5.41, 5.74) is 2.38. The first-order valence-corrected chi connectivity index (χ1v) is 15.1. The minimum atomic E-state index is -0.956. The maximum Gasteiger partial charge on any atom is 0.308 e. The lowest BCUT2D eigenvalue weighted by Crippen LogP contribution is -2.45. The molecule has 0 spiro atoms. The maximum atomic E-state index is 13.6. The molecule has 5 rings (SSSR count). The lowest BCUT2D eigenvalue weighted by atomic mass is 9.84. The van der Waals surface area contributed by atoms with E-state index in [0.29, 0.717) is 62.0 Å². The maximum absolute atomic E-state index is 13.6. The summed E-state index contributed by atoms with van der Waals surface area (Å²) in [4.78, 5) is 49.2. The van der Waals surface area contributed by atoms with Gasteiger partial charge in [-0.25, -0.2) is 5.06 Å². The molecule has 3 atom stereocenters. The summed E-state index contributed by atoms with van der Waals surface area (Å²) in [5.74, 6) is -1.04. The summed E-state index contributed by atoms with van der Waals surface area (Å²) in [6, 6.07) is 10.6. The van der Waals surface area contributed by atoms with E-state index in [2.05, 4.69) is 6.92 Å². The number of carboxylic acid groups (broad SMARTS) is 1. The minimum Gasteiger partial charge on any atom is -0.493 e. The van der Waals surface area contributed by atoms with E-state index in [1.54, 1.807) is 11.0 Å². The predicted octanol–water partition coefficient (Wildman–Crippen LogP) is 3.91. The summed E-state index contributed by atoms with van der Waals surface area (Å²) in [6.45, 7) is 6.19. The van der Waals surface area contributed by atoms with Crippen LogP contribution in [0.5, 0.6) is 17.2 Å². The number of carbonyl (C=O) groups is 3. The minimum absolute atomic E-state index is 0.00817. The number of fused-ring (bicyclic) bond motifs is 2. The Morgan fingerprint density at radius 3 is 2.67 bits per heavy atom. The van der Waals surface area contributed by atoms with Crippen LogP contribution in [-0.2, 0) is 21.0 Å². The second kappa shape index (κ2) is 13.6. The molecule has 11 heteroatoms. The molecule has 3 aliphatic heterocycles. The Morgan fingerprint density at radius 2 is 1.95 bits per heavy atom. The van der Waals surface area contributed by atoms with Crippen molar-refractivity contribution in [3.8, 4) is 17.2 Å². The van der Waals surface area contributed by atoms with Crippen molar-refractivity contribution in [2.75, 3.05) is 46.7 Å². The second-order valence-corrected chi connectivity index (χ2v) is 11.3. The van der Waals surface area contributed by atoms with Gasteiger partial charge in [0.15, 0.2) is 11.5 Å². The zero-order valence-electron chi connectivity index (χ0n) is 25.1. The molecule has 0 radical (unpaired) electrons. The van der Waals surface area contributed by atoms with Gasteiger partial charge in [-0.05, 0) is 48.6 Å². The van der Waals surface area contributed by atoms with E-state index in [0.717, 1.165) is 30.4 Å². The van der Waals surface area contributed by atoms with Crippen LogP contribution in [0.3, 0.4) is 0 Å². The van der Waals surface area contributed by atoms with Crippen LogP contribution in [0.4, 0.5) is 0 Å². The lowest BCUT2D eigenvalue weighted by Gasteiger charge is -2.30. The first-order chi connectivity index (χ1) is 20.9. The molecule has 1 fully saturated rings. The predicted molar refractivity (Wildman–Crippen MR) is 157 cm³/mol. The average molecular weight is 596 g/mol. The number of methoxy groups -OCH3 is 1. The van der Waals surface area contributed by atoms with Crippen molar-refractivity contribution < 1.29 is 38.5 Å². The fourth-order valence-electron chi connectivity index (χ4n) is 6.35. The number of carbonyl (C=O) groups excluding carboxylic acids is 2. The Hall–Kier alpha value is -3.83. The Morgan fingerprint density at radius 1 is 1.14 bits per heavy atom. The number of ether oxygens (including phenoxy) is 3. The smallest absolute Gasteiger partial charge is 0.308 e. The molecule has 43 heavy (non-hydrogen) atoms. The van der Waals surface area contributed by atoms with Crippen LogP contribution in [0.25, 0.3) is 0 Å². The zero-order valence-corrected chi connectivity index (χ0v) is 25.1. The van der Waals surface area contributed by atoms with Crippen LogP contribution in [0, 0.1) is 5.92 Å². The highest BCUT2D eigenvalue weighted by molar-refractivity contribution is 5.98. The molecule has 0 saturated carbocycles. The van der Waals surface area contributed by atoms with Crippen LogP contribution in [-0.4, -0.2) is 90.5 Å². The summed E-state index contributed by atoms with van der Waals surface area (Å²) in [5, 5.41) is 12.0. The van der Waals surface area contributed by atoms with Crippen molar-refractivity contribution >= 4 is 17.8 Å². The van der Waals surface area contributed by atoms with E-state index in [-0.39, 0.29) is 25.2 Å². The van der Waals surface area contributed by atoms with Crippen molar-refractivity contribution in [3.63, 3.8) is 0 Å². The van der Waals surface area contributed by atoms with Crippen molar-refractivity contribution in [3.05, 3.63) is 53.1 Å². The normalized spacial score (nSPS) is 20.9. The highest BCUT2D eigenvalue weighted by atomic mass is 16.7. The molecule has 0 unspecified atom stereocenters. The molecule has 2 aromatic carbocycles. The van der Waals surface area contributed by atoms with Gasteiger partial charge >= 0.3 is 5.97 Å². The van der Waals surface area contributed by atoms with Crippen LogP contribution < -0.4 is 14.2 Å². The molecule has 11 nitrogen and oxygen atoms in total. The molecule has 0 aromatic heterocycles. The van der Waals surface area contributed by atoms with Crippen molar-refractivity contribution in [2.45, 2.75) is 58.0 Å². The fraction of sp³-hybridized carbons (Fsp3) is 0.531. The van der Waals surface area contributed by atoms with Gasteiger partial charge in [-0.15, -0.1) is 0 Å². The fourth-order valence-corrected chi connectivity index (χ4v) is 6.35. The number of benzene rings is 2. The van der Waals surface area contributed by atoms with Gasteiger partial charge < -0.3 is 24.2 Å². The topological polar surface area (TPSA) is 118 Å². The van der Waals surface area contributed by atoms with E-state index >= 15 is 0 Å². The number of unbranched alkanes of at least 4 members (excludes halogenated alkanes) is 1. The number of likely N-dealkylation sites (tertiary alicyclic amines) is 1. The SMILES string of the molecule is CCCCN(OCCC)C(=O)CN1C[C@H](c2cc(OC)c3c(c2)OCO3)[C@@H](C(=O)O)[C@@H]1CCN1Cc2ccccc2C1=O. The number of hydroxylamine groups is 2. The van der Waals surface area contributed by atoms with E-state index < -0.39 is 23.8 Å². The summed E-state index contributed by atoms with van der Waals surface area (Å²) in [6.07, 6.45) is 2.87. The largest absolute Gasteiger partial charge is 0.493 e. The number of hydrogen-bond donors (Lipinski definition) is 1. The van der Waals surface area contributed by atoms with Gasteiger partial charge in [0.1, 0.15) is 0 Å². The second-order valence-electron chi connectivity index (χ2n) is 11.3. The van der Waals surface area contributed by atoms with Gasteiger partial charge in [0.05, 0.1) is 26.2 Å². The highest BCUT2D eigenvalue weighted by Gasteiger charge is 2.48. The quantitative estimate of drug-likeness (QED) is 0.325. The van der Waals surface area contributed by atoms with Gasteiger partial charge in [-0.1, -0.05) is 38.5 Å². The monoisotopic (exact) mass is 595 g/mol. The first-order valence-electron chi connectivity index (χ1n) is 15.1. The Kier molecular flexibility index (Phi) is 9.72. The molecule has 1 saturated heterocycles. The highest BCUT2D eigenvalue weighted by Crippen LogP contribution is 2.47. The number of amides is 2. The molecular weight excluding hydrogens is 554 g/mol. The molecule has 2 amide bonds. The van der Waals surface area contributed by atoms with E-state index in [1.165, 1.54) is 12.2 Å². The molecule has 0 aliphatic carbocycles. The van der Waals surface area contributed by atoms with Crippen LogP contribution in [0.15, 0.2) is 36.4 Å². The number of hydrogen-bond acceptors (Lipinski definition) is 8. The van der Waals surface area contributed by atoms with Gasteiger partial charge in [-0.3, -0.25) is 24.1 Å². The van der Waals surface area contributed by atoms with Crippen LogP contribution >= 0.6 is 0 Å². The number of nitrogens with zero attached hydrogens (tertiary/aromatic N) is 3. The molecular formula is C32H41N3O8. The third kappa shape index (κ3) is 6.42. The van der Waals surface area contributed by atoms with Gasteiger partial charge in [0.2, 0.25) is 12.5 Å². The summed E-state index contributed by atoms with van der Waals surface area (Å²) in [7, 11) is 1.53. The molecule has 232 valence electrons. The molecule has 2 aromatic rings. The standard InChI is InChI=1S/C32H41N3O8/c1-4-6-12-35(43-14-5-2)28(36)19-34-18-24(22-15-26(40-3)30-27(16-22)41-20-42-30)29(32(38)39)25(34)11-13-33-17-21-9-7-8-10-23(21)31(33)37/h7-10,15-16,24-25,29H,4-6,11-14,17-20H2,1-3H3,(H,38,39)/t24-,25+,29-/m1/s1. The number of rotatable bonds is 14. The number of carboxylic acids is 1. The zero-order chi connectivity index (χ0) is 30.5. The van der Waals surface area contributed by atoms with Gasteiger partial charge in [0.25, 0.3) is 11.8 Å². The van der Waals surface area contributed by atoms with E-state index in [9.17, 15) is 19.5 Å². The van der Waals surface area contributed by atoms with Gasteiger partial charge in [0, 0.05) is 43.7 Å². The van der Waals surface area contributed by atoms with Crippen molar-refractivity contribution in [1.82, 2.24) is 14.9 Å². The molecule has 1 N–H and O–H groups in total. The first kappa shape index (κ1) is 30.6. The lowest BCUT2D eigenvalue weighted by molar-refractivity contribution is -0.188. The Bertz CT molecular complexity index is 1330. The van der Waals surface area contributed by atoms with Crippen LogP contribution in [0.2, 0.25) is 0 Å². The molecule has 3 aliphatic rings. The van der Waals surface area contributed by atoms with Crippen molar-refractivity contribution in [2.24, 2.45) is 5.92 Å². The van der Waals surface area contributed by atoms with Gasteiger partial charge in [-0.2, -0.15) is 0 Å². The van der Waals surface area contributed by atoms with Crippen LogP contribution in [0.1, 0.15) is 66.9 Å². The van der Waals surface area contributed by atoms with E-state index in [4.69, 9.17) is 19.0 Å². The average Bonchev–Trinajstić information content (AvgIpc) is 3.71. The third-order valence-electron chi connectivity index (χ3n) is 8.52. The molecule has 3 heterocycles. The Labute approximate surface area is 252 Å². The Balaban J connectivity index is 1.42.